The van der Waals surface area contributed by atoms with Crippen molar-refractivity contribution < 1.29 is 4.79 Å². The fourth-order valence-electron chi connectivity index (χ4n) is 2.51. The molecule has 0 aromatic carbocycles. The molecule has 3 rings (SSSR count). The lowest BCUT2D eigenvalue weighted by molar-refractivity contribution is 0.0676. The van der Waals surface area contributed by atoms with E-state index in [9.17, 15) is 4.79 Å². The average Bonchev–Trinajstić information content (AvgIpc) is 3.01. The van der Waals surface area contributed by atoms with Gasteiger partial charge in [0.05, 0.1) is 0 Å². The van der Waals surface area contributed by atoms with E-state index in [1.165, 1.54) is 6.42 Å². The number of hydrogen-bond donors (Lipinski definition) is 0. The zero-order chi connectivity index (χ0) is 13.9. The maximum atomic E-state index is 12.3. The Bertz CT molecular complexity index is 578. The van der Waals surface area contributed by atoms with Crippen LogP contribution >= 0.6 is 0 Å². The first-order valence-corrected chi connectivity index (χ1v) is 6.85. The molecule has 2 aromatic rings. The Kier molecular flexibility index (Phi) is 3.45. The fraction of sp³-hybridized carbons (Fsp3) is 0.429. The van der Waals surface area contributed by atoms with Gasteiger partial charge in [-0.15, -0.1) is 10.2 Å². The summed E-state index contributed by atoms with van der Waals surface area (Å²) in [5.41, 5.74) is 0.406. The van der Waals surface area contributed by atoms with Gasteiger partial charge in [0.25, 0.3) is 5.91 Å². The van der Waals surface area contributed by atoms with Gasteiger partial charge < -0.3 is 4.90 Å². The van der Waals surface area contributed by atoms with Crippen LogP contribution in [0, 0.1) is 5.92 Å². The van der Waals surface area contributed by atoms with Crippen LogP contribution in [0.1, 0.15) is 30.3 Å². The minimum absolute atomic E-state index is 0.0266. The van der Waals surface area contributed by atoms with Gasteiger partial charge >= 0.3 is 0 Å². The van der Waals surface area contributed by atoms with Gasteiger partial charge in [-0.05, 0) is 30.9 Å². The van der Waals surface area contributed by atoms with Gasteiger partial charge in [0.1, 0.15) is 6.33 Å². The summed E-state index contributed by atoms with van der Waals surface area (Å²) in [5, 5.41) is 8.13. The van der Waals surface area contributed by atoms with E-state index in [1.807, 2.05) is 4.90 Å². The summed E-state index contributed by atoms with van der Waals surface area (Å²) in [6.45, 7) is 3.80. The van der Waals surface area contributed by atoms with Crippen LogP contribution in [0.25, 0.3) is 5.82 Å². The number of amides is 1. The maximum Gasteiger partial charge on any atom is 0.274 e. The second kappa shape index (κ2) is 5.40. The molecule has 1 fully saturated rings. The summed E-state index contributed by atoms with van der Waals surface area (Å²) in [5.74, 6) is 1.19. The van der Waals surface area contributed by atoms with Gasteiger partial charge in [0.15, 0.2) is 11.5 Å². The van der Waals surface area contributed by atoms with Gasteiger partial charge in [0.2, 0.25) is 0 Å². The molecule has 1 atom stereocenters. The number of rotatable bonds is 2. The standard InChI is InChI=1S/C14H17N5O/c1-11-3-2-7-18(9-11)14(20)12-4-5-13(17-16-12)19-8-6-15-10-19/h4-6,8,10-11H,2-3,7,9H2,1H3. The van der Waals surface area contributed by atoms with Crippen molar-refractivity contribution in [2.24, 2.45) is 5.92 Å². The van der Waals surface area contributed by atoms with Crippen molar-refractivity contribution in [3.8, 4) is 5.82 Å². The number of piperidine rings is 1. The van der Waals surface area contributed by atoms with Crippen LogP contribution in [0.3, 0.4) is 0 Å². The average molecular weight is 271 g/mol. The smallest absolute Gasteiger partial charge is 0.274 e. The lowest BCUT2D eigenvalue weighted by Crippen LogP contribution is -2.39. The minimum Gasteiger partial charge on any atom is -0.337 e. The molecule has 1 aliphatic heterocycles. The second-order valence-corrected chi connectivity index (χ2v) is 5.25. The minimum atomic E-state index is -0.0266. The Hall–Kier alpha value is -2.24. The molecule has 3 heterocycles. The number of nitrogens with zero attached hydrogens (tertiary/aromatic N) is 5. The van der Waals surface area contributed by atoms with Crippen molar-refractivity contribution >= 4 is 5.91 Å². The summed E-state index contributed by atoms with van der Waals surface area (Å²) >= 11 is 0. The third-order valence-electron chi connectivity index (χ3n) is 3.58. The summed E-state index contributed by atoms with van der Waals surface area (Å²) in [4.78, 5) is 18.2. The third-order valence-corrected chi connectivity index (χ3v) is 3.58. The van der Waals surface area contributed by atoms with Crippen LogP contribution in [0.4, 0.5) is 0 Å². The molecule has 2 aromatic heterocycles. The second-order valence-electron chi connectivity index (χ2n) is 5.25. The number of carbonyl (C=O) groups excluding carboxylic acids is 1. The van der Waals surface area contributed by atoms with E-state index in [2.05, 4.69) is 22.1 Å². The topological polar surface area (TPSA) is 63.9 Å². The predicted molar refractivity (Wildman–Crippen MR) is 73.5 cm³/mol. The summed E-state index contributed by atoms with van der Waals surface area (Å²) in [6.07, 6.45) is 7.37. The maximum absolute atomic E-state index is 12.3. The molecular weight excluding hydrogens is 254 g/mol. The largest absolute Gasteiger partial charge is 0.337 e. The highest BCUT2D eigenvalue weighted by molar-refractivity contribution is 5.92. The quantitative estimate of drug-likeness (QED) is 0.831. The van der Waals surface area contributed by atoms with Gasteiger partial charge in [-0.1, -0.05) is 6.92 Å². The van der Waals surface area contributed by atoms with E-state index in [-0.39, 0.29) is 5.91 Å². The van der Waals surface area contributed by atoms with Gasteiger partial charge in [-0.3, -0.25) is 9.36 Å². The Morgan fingerprint density at radius 2 is 2.25 bits per heavy atom. The van der Waals surface area contributed by atoms with Gasteiger partial charge in [-0.25, -0.2) is 4.98 Å². The summed E-state index contributed by atoms with van der Waals surface area (Å²) in [6, 6.07) is 3.51. The zero-order valence-corrected chi connectivity index (χ0v) is 11.4. The highest BCUT2D eigenvalue weighted by Gasteiger charge is 2.23. The summed E-state index contributed by atoms with van der Waals surface area (Å²) in [7, 11) is 0. The van der Waals surface area contributed by atoms with E-state index >= 15 is 0 Å². The molecule has 0 spiro atoms. The lowest BCUT2D eigenvalue weighted by Gasteiger charge is -2.30. The van der Waals surface area contributed by atoms with E-state index in [4.69, 9.17) is 0 Å². The molecule has 20 heavy (non-hydrogen) atoms. The van der Waals surface area contributed by atoms with Crippen molar-refractivity contribution in [1.29, 1.82) is 0 Å². The fourth-order valence-corrected chi connectivity index (χ4v) is 2.51. The molecule has 1 aliphatic rings. The third kappa shape index (κ3) is 2.54. The van der Waals surface area contributed by atoms with E-state index in [0.717, 1.165) is 19.5 Å². The van der Waals surface area contributed by atoms with Gasteiger partial charge in [0, 0.05) is 25.5 Å². The van der Waals surface area contributed by atoms with E-state index in [0.29, 0.717) is 17.4 Å². The first-order chi connectivity index (χ1) is 9.74. The number of aromatic nitrogens is 4. The molecule has 0 radical (unpaired) electrons. The molecule has 1 unspecified atom stereocenters. The highest BCUT2D eigenvalue weighted by Crippen LogP contribution is 2.17. The first-order valence-electron chi connectivity index (χ1n) is 6.85. The lowest BCUT2D eigenvalue weighted by atomic mass is 10.00. The molecule has 0 N–H and O–H groups in total. The SMILES string of the molecule is CC1CCCN(C(=O)c2ccc(-n3ccnc3)nn2)C1. The summed E-state index contributed by atoms with van der Waals surface area (Å²) < 4.78 is 1.75. The number of hydrogen-bond acceptors (Lipinski definition) is 4. The van der Waals surface area contributed by atoms with Crippen molar-refractivity contribution in [3.05, 3.63) is 36.5 Å². The van der Waals surface area contributed by atoms with Crippen molar-refractivity contribution in [3.63, 3.8) is 0 Å². The molecule has 6 nitrogen and oxygen atoms in total. The molecule has 1 amide bonds. The Morgan fingerprint density at radius 3 is 2.90 bits per heavy atom. The van der Waals surface area contributed by atoms with Crippen molar-refractivity contribution in [2.45, 2.75) is 19.8 Å². The van der Waals surface area contributed by atoms with E-state index < -0.39 is 0 Å². The molecule has 6 heteroatoms. The van der Waals surface area contributed by atoms with Crippen LogP contribution < -0.4 is 0 Å². The molecule has 104 valence electrons. The zero-order valence-electron chi connectivity index (χ0n) is 11.4. The first kappa shape index (κ1) is 12.8. The molecule has 0 bridgehead atoms. The van der Waals surface area contributed by atoms with Crippen LogP contribution in [0.2, 0.25) is 0 Å². The van der Waals surface area contributed by atoms with Crippen LogP contribution in [0.5, 0.6) is 0 Å². The van der Waals surface area contributed by atoms with E-state index in [1.54, 1.807) is 35.4 Å². The Labute approximate surface area is 117 Å². The molecule has 0 saturated carbocycles. The van der Waals surface area contributed by atoms with Crippen molar-refractivity contribution in [2.75, 3.05) is 13.1 Å². The Morgan fingerprint density at radius 1 is 1.35 bits per heavy atom. The monoisotopic (exact) mass is 271 g/mol. The number of likely N-dealkylation sites (tertiary alicyclic amines) is 1. The normalized spacial score (nSPS) is 19.1. The number of imidazole rings is 1. The molecule has 1 saturated heterocycles. The van der Waals surface area contributed by atoms with Crippen LogP contribution in [0.15, 0.2) is 30.9 Å². The predicted octanol–water partition coefficient (Wildman–Crippen LogP) is 1.53. The Balaban J connectivity index is 1.75. The van der Waals surface area contributed by atoms with Crippen LogP contribution in [-0.2, 0) is 0 Å². The number of carbonyl (C=O) groups is 1. The van der Waals surface area contributed by atoms with Crippen LogP contribution in [-0.4, -0.2) is 43.6 Å². The molecule has 0 aliphatic carbocycles. The van der Waals surface area contributed by atoms with Crippen molar-refractivity contribution in [1.82, 2.24) is 24.6 Å². The van der Waals surface area contributed by atoms with Gasteiger partial charge in [-0.2, -0.15) is 0 Å². The molecular formula is C14H17N5O. The highest BCUT2D eigenvalue weighted by atomic mass is 16.2.